The molecule has 0 aromatic heterocycles. The second-order valence-electron chi connectivity index (χ2n) is 4.06. The number of hydrogen-bond donors (Lipinski definition) is 3. The Bertz CT molecular complexity index is 199. The molecule has 1 aliphatic heterocycles. The van der Waals surface area contributed by atoms with Crippen molar-refractivity contribution in [2.75, 3.05) is 39.3 Å². The van der Waals surface area contributed by atoms with E-state index in [0.29, 0.717) is 25.6 Å². The molecular weight excluding hydrogens is 194 g/mol. The Morgan fingerprint density at radius 2 is 2.40 bits per heavy atom. The number of aliphatic hydroxyl groups is 1. The van der Waals surface area contributed by atoms with Crippen LogP contribution in [0.25, 0.3) is 0 Å². The number of nitrogens with zero attached hydrogens (tertiary/aromatic N) is 1. The number of carbonyl (C=O) groups excluding carboxylic acids is 1. The first kappa shape index (κ1) is 12.4. The first-order chi connectivity index (χ1) is 7.26. The number of likely N-dealkylation sites (tertiary alicyclic amines) is 1. The minimum atomic E-state index is 0.0269. The highest BCUT2D eigenvalue weighted by molar-refractivity contribution is 5.77. The fourth-order valence-electron chi connectivity index (χ4n) is 1.91. The SMILES string of the molecule is NCCNC(=O)CN1CCCC(CO)C1. The number of rotatable bonds is 5. The molecule has 88 valence electrons. The van der Waals surface area contributed by atoms with Gasteiger partial charge in [0.2, 0.25) is 5.91 Å². The number of hydrogen-bond acceptors (Lipinski definition) is 4. The lowest BCUT2D eigenvalue weighted by molar-refractivity contribution is -0.122. The maximum Gasteiger partial charge on any atom is 0.234 e. The standard InChI is InChI=1S/C10H21N3O2/c11-3-4-12-10(15)7-13-5-1-2-9(6-13)8-14/h9,14H,1-8,11H2,(H,12,15). The molecular formula is C10H21N3O2. The highest BCUT2D eigenvalue weighted by atomic mass is 16.3. The Morgan fingerprint density at radius 3 is 3.07 bits per heavy atom. The van der Waals surface area contributed by atoms with Crippen molar-refractivity contribution in [3.63, 3.8) is 0 Å². The first-order valence-electron chi connectivity index (χ1n) is 5.56. The van der Waals surface area contributed by atoms with Crippen molar-refractivity contribution < 1.29 is 9.90 Å². The molecule has 1 amide bonds. The Hall–Kier alpha value is -0.650. The average Bonchev–Trinajstić information content (AvgIpc) is 2.26. The van der Waals surface area contributed by atoms with Gasteiger partial charge in [0.15, 0.2) is 0 Å². The van der Waals surface area contributed by atoms with E-state index in [1.54, 1.807) is 0 Å². The van der Waals surface area contributed by atoms with E-state index >= 15 is 0 Å². The number of aliphatic hydroxyl groups excluding tert-OH is 1. The Labute approximate surface area is 90.6 Å². The van der Waals surface area contributed by atoms with Gasteiger partial charge in [0.25, 0.3) is 0 Å². The Morgan fingerprint density at radius 1 is 1.60 bits per heavy atom. The molecule has 0 radical (unpaired) electrons. The summed E-state index contributed by atoms with van der Waals surface area (Å²) in [5.41, 5.74) is 5.29. The van der Waals surface area contributed by atoms with Crippen LogP contribution in [0, 0.1) is 5.92 Å². The summed E-state index contributed by atoms with van der Waals surface area (Å²) in [6.45, 7) is 3.44. The second kappa shape index (κ2) is 6.76. The summed E-state index contributed by atoms with van der Waals surface area (Å²) in [5.74, 6) is 0.361. The van der Waals surface area contributed by atoms with Crippen LogP contribution in [0.15, 0.2) is 0 Å². The van der Waals surface area contributed by atoms with Crippen LogP contribution in [-0.2, 0) is 4.79 Å². The van der Waals surface area contributed by atoms with Gasteiger partial charge in [-0.1, -0.05) is 0 Å². The topological polar surface area (TPSA) is 78.6 Å². The van der Waals surface area contributed by atoms with Crippen molar-refractivity contribution in [1.29, 1.82) is 0 Å². The van der Waals surface area contributed by atoms with Gasteiger partial charge >= 0.3 is 0 Å². The lowest BCUT2D eigenvalue weighted by Crippen LogP contribution is -2.44. The van der Waals surface area contributed by atoms with Gasteiger partial charge in [-0.25, -0.2) is 0 Å². The van der Waals surface area contributed by atoms with Crippen LogP contribution >= 0.6 is 0 Å². The number of amides is 1. The van der Waals surface area contributed by atoms with Gasteiger partial charge in [0, 0.05) is 26.2 Å². The fourth-order valence-corrected chi connectivity index (χ4v) is 1.91. The molecule has 4 N–H and O–H groups in total. The Balaban J connectivity index is 2.22. The van der Waals surface area contributed by atoms with Crippen LogP contribution in [-0.4, -0.2) is 55.2 Å². The van der Waals surface area contributed by atoms with Gasteiger partial charge in [-0.3, -0.25) is 9.69 Å². The molecule has 0 aromatic carbocycles. The molecule has 1 saturated heterocycles. The highest BCUT2D eigenvalue weighted by Crippen LogP contribution is 2.14. The molecule has 0 saturated carbocycles. The summed E-state index contributed by atoms with van der Waals surface area (Å²) in [6, 6.07) is 0. The van der Waals surface area contributed by atoms with Gasteiger partial charge in [-0.2, -0.15) is 0 Å². The van der Waals surface area contributed by atoms with E-state index in [9.17, 15) is 4.79 Å². The number of piperidine rings is 1. The average molecular weight is 215 g/mol. The van der Waals surface area contributed by atoms with E-state index in [-0.39, 0.29) is 12.5 Å². The summed E-state index contributed by atoms with van der Waals surface area (Å²) >= 11 is 0. The summed E-state index contributed by atoms with van der Waals surface area (Å²) in [5, 5.41) is 11.8. The van der Waals surface area contributed by atoms with Gasteiger partial charge in [-0.05, 0) is 25.3 Å². The van der Waals surface area contributed by atoms with Gasteiger partial charge in [-0.15, -0.1) is 0 Å². The molecule has 15 heavy (non-hydrogen) atoms. The van der Waals surface area contributed by atoms with Crippen LogP contribution in [0.3, 0.4) is 0 Å². The van der Waals surface area contributed by atoms with Crippen molar-refractivity contribution in [1.82, 2.24) is 10.2 Å². The predicted octanol–water partition coefficient (Wildman–Crippen LogP) is -1.23. The minimum Gasteiger partial charge on any atom is -0.396 e. The third-order valence-corrected chi connectivity index (χ3v) is 2.70. The lowest BCUT2D eigenvalue weighted by Gasteiger charge is -2.31. The molecule has 5 nitrogen and oxygen atoms in total. The lowest BCUT2D eigenvalue weighted by atomic mass is 9.99. The molecule has 0 aliphatic carbocycles. The van der Waals surface area contributed by atoms with E-state index in [2.05, 4.69) is 10.2 Å². The van der Waals surface area contributed by atoms with E-state index in [4.69, 9.17) is 10.8 Å². The van der Waals surface area contributed by atoms with E-state index in [1.807, 2.05) is 0 Å². The fraction of sp³-hybridized carbons (Fsp3) is 0.900. The van der Waals surface area contributed by atoms with Crippen molar-refractivity contribution in [3.8, 4) is 0 Å². The Kier molecular flexibility index (Phi) is 5.60. The zero-order valence-electron chi connectivity index (χ0n) is 9.11. The molecule has 0 bridgehead atoms. The third kappa shape index (κ3) is 4.59. The molecule has 1 rings (SSSR count). The molecule has 0 aromatic rings. The molecule has 1 fully saturated rings. The molecule has 5 heteroatoms. The van der Waals surface area contributed by atoms with Crippen molar-refractivity contribution in [3.05, 3.63) is 0 Å². The van der Waals surface area contributed by atoms with Crippen molar-refractivity contribution >= 4 is 5.91 Å². The monoisotopic (exact) mass is 215 g/mol. The maximum absolute atomic E-state index is 11.4. The van der Waals surface area contributed by atoms with Gasteiger partial charge in [0.1, 0.15) is 0 Å². The zero-order chi connectivity index (χ0) is 11.1. The van der Waals surface area contributed by atoms with E-state index < -0.39 is 0 Å². The summed E-state index contributed by atoms with van der Waals surface area (Å²) in [4.78, 5) is 13.5. The van der Waals surface area contributed by atoms with E-state index in [1.165, 1.54) is 0 Å². The van der Waals surface area contributed by atoms with Crippen LogP contribution in [0.1, 0.15) is 12.8 Å². The van der Waals surface area contributed by atoms with Crippen molar-refractivity contribution in [2.45, 2.75) is 12.8 Å². The summed E-state index contributed by atoms with van der Waals surface area (Å²) in [6.07, 6.45) is 2.13. The molecule has 1 unspecified atom stereocenters. The van der Waals surface area contributed by atoms with Crippen LogP contribution in [0.2, 0.25) is 0 Å². The highest BCUT2D eigenvalue weighted by Gasteiger charge is 2.20. The van der Waals surface area contributed by atoms with Gasteiger partial charge in [0.05, 0.1) is 6.54 Å². The molecule has 0 spiro atoms. The maximum atomic E-state index is 11.4. The van der Waals surface area contributed by atoms with Crippen molar-refractivity contribution in [2.24, 2.45) is 11.7 Å². The normalized spacial score (nSPS) is 22.7. The van der Waals surface area contributed by atoms with Crippen LogP contribution in [0.5, 0.6) is 0 Å². The second-order valence-corrected chi connectivity index (χ2v) is 4.06. The van der Waals surface area contributed by atoms with E-state index in [0.717, 1.165) is 25.9 Å². The zero-order valence-corrected chi connectivity index (χ0v) is 9.11. The smallest absolute Gasteiger partial charge is 0.234 e. The number of nitrogens with two attached hydrogens (primary N) is 1. The largest absolute Gasteiger partial charge is 0.396 e. The van der Waals surface area contributed by atoms with Crippen LogP contribution < -0.4 is 11.1 Å². The van der Waals surface area contributed by atoms with Crippen LogP contribution in [0.4, 0.5) is 0 Å². The first-order valence-corrected chi connectivity index (χ1v) is 5.56. The quantitative estimate of drug-likeness (QED) is 0.536. The molecule has 1 atom stereocenters. The minimum absolute atomic E-state index is 0.0269. The molecule has 1 heterocycles. The third-order valence-electron chi connectivity index (χ3n) is 2.70. The summed E-state index contributed by atoms with van der Waals surface area (Å²) < 4.78 is 0. The van der Waals surface area contributed by atoms with Gasteiger partial charge < -0.3 is 16.2 Å². The summed E-state index contributed by atoms with van der Waals surface area (Å²) in [7, 11) is 0. The number of carbonyl (C=O) groups is 1. The predicted molar refractivity (Wildman–Crippen MR) is 58.3 cm³/mol. The number of nitrogens with one attached hydrogen (secondary N) is 1. The molecule has 1 aliphatic rings.